The Morgan fingerprint density at radius 3 is 2.50 bits per heavy atom. The van der Waals surface area contributed by atoms with E-state index in [2.05, 4.69) is 22.6 Å². The molecule has 11 heteroatoms. The van der Waals surface area contributed by atoms with E-state index in [9.17, 15) is 27.9 Å². The summed E-state index contributed by atoms with van der Waals surface area (Å²) >= 11 is 2.13. The average Bonchev–Trinajstić information content (AvgIpc) is 2.65. The second-order valence-corrected chi connectivity index (χ2v) is 10.5. The molecule has 1 saturated heterocycles. The van der Waals surface area contributed by atoms with E-state index in [0.29, 0.717) is 5.56 Å². The van der Waals surface area contributed by atoms with Crippen LogP contribution in [0.15, 0.2) is 29.5 Å². The largest absolute Gasteiger partial charge is 0.477 e. The van der Waals surface area contributed by atoms with E-state index in [1.54, 1.807) is 6.07 Å². The van der Waals surface area contributed by atoms with Crippen LogP contribution in [0.3, 0.4) is 0 Å². The monoisotopic (exact) mass is 549 g/mol. The van der Waals surface area contributed by atoms with E-state index < -0.39 is 56.7 Å². The fourth-order valence-electron chi connectivity index (χ4n) is 3.68. The molecule has 2 heterocycles. The number of rotatable bonds is 6. The maximum atomic E-state index is 13.4. The van der Waals surface area contributed by atoms with E-state index in [1.165, 1.54) is 7.11 Å². The lowest BCUT2D eigenvalue weighted by Gasteiger charge is -2.50. The Morgan fingerprint density at radius 1 is 1.30 bits per heavy atom. The first-order chi connectivity index (χ1) is 14.0. The molecule has 2 aliphatic rings. The van der Waals surface area contributed by atoms with Gasteiger partial charge in [0.1, 0.15) is 12.3 Å². The number of aryl methyl sites for hydroxylation is 1. The molecule has 2 aliphatic heterocycles. The summed E-state index contributed by atoms with van der Waals surface area (Å²) < 4.78 is 37.8. The molecule has 0 spiro atoms. The predicted molar refractivity (Wildman–Crippen MR) is 113 cm³/mol. The lowest BCUT2D eigenvalue weighted by atomic mass is 9.98. The summed E-state index contributed by atoms with van der Waals surface area (Å²) in [5, 5.41) is 7.06. The normalized spacial score (nSPS) is 24.9. The summed E-state index contributed by atoms with van der Waals surface area (Å²) in [7, 11) is -2.88. The van der Waals surface area contributed by atoms with Gasteiger partial charge in [-0.15, -0.1) is 0 Å². The molecule has 1 aromatic rings. The first kappa shape index (κ1) is 22.7. The third-order valence-corrected chi connectivity index (χ3v) is 8.74. The smallest absolute Gasteiger partial charge is 0.352 e. The quantitative estimate of drug-likeness (QED) is 0.317. The minimum absolute atomic E-state index is 0.0268. The van der Waals surface area contributed by atoms with E-state index in [-0.39, 0.29) is 12.0 Å². The summed E-state index contributed by atoms with van der Waals surface area (Å²) in [5.74, 6) is -2.92. The summed E-state index contributed by atoms with van der Waals surface area (Å²) in [6.07, 6.45) is -1.30. The second-order valence-electron chi connectivity index (χ2n) is 7.08. The van der Waals surface area contributed by atoms with E-state index in [1.807, 2.05) is 19.1 Å². The van der Waals surface area contributed by atoms with Gasteiger partial charge in [0.15, 0.2) is 21.3 Å². The summed E-state index contributed by atoms with van der Waals surface area (Å²) in [6.45, 7) is 2.50. The molecule has 9 nitrogen and oxygen atoms in total. The molecule has 1 amide bonds. The Labute approximate surface area is 187 Å². The minimum Gasteiger partial charge on any atom is -0.477 e. The van der Waals surface area contributed by atoms with Crippen LogP contribution < -0.4 is 0 Å². The second kappa shape index (κ2) is 8.27. The van der Waals surface area contributed by atoms with Crippen molar-refractivity contribution in [1.29, 1.82) is 0 Å². The molecule has 0 aliphatic carbocycles. The highest BCUT2D eigenvalue weighted by atomic mass is 127. The van der Waals surface area contributed by atoms with Crippen molar-refractivity contribution in [2.24, 2.45) is 0 Å². The summed E-state index contributed by atoms with van der Waals surface area (Å²) in [6, 6.07) is 5.43. The van der Waals surface area contributed by atoms with Gasteiger partial charge in [0, 0.05) is 23.2 Å². The lowest BCUT2D eigenvalue weighted by molar-refractivity contribution is -0.163. The van der Waals surface area contributed by atoms with Gasteiger partial charge in [0.05, 0.1) is 5.25 Å². The molecular formula is C19H20INO8S. The molecule has 3 atom stereocenters. The minimum atomic E-state index is -4.08. The number of hydrogen-bond acceptors (Lipinski definition) is 7. The molecule has 1 N–H and O–H groups in total. The number of hydrogen-bond donors (Lipinski definition) is 1. The number of carboxylic acids is 1. The molecule has 0 radical (unpaired) electrons. The van der Waals surface area contributed by atoms with Crippen LogP contribution >= 0.6 is 22.6 Å². The number of methoxy groups -OCH3 is 1. The van der Waals surface area contributed by atoms with Crippen LogP contribution in [0.2, 0.25) is 0 Å². The van der Waals surface area contributed by atoms with Crippen molar-refractivity contribution in [2.75, 3.05) is 13.7 Å². The third-order valence-electron chi connectivity index (χ3n) is 5.21. The number of carbonyl (C=O) groups excluding carboxylic acids is 2. The van der Waals surface area contributed by atoms with Crippen molar-refractivity contribution in [3.63, 3.8) is 0 Å². The Kier molecular flexibility index (Phi) is 6.25. The van der Waals surface area contributed by atoms with E-state index >= 15 is 0 Å². The highest BCUT2D eigenvalue weighted by Crippen LogP contribution is 2.42. The maximum Gasteiger partial charge on any atom is 0.352 e. The molecule has 30 heavy (non-hydrogen) atoms. The van der Waals surface area contributed by atoms with Crippen molar-refractivity contribution in [3.8, 4) is 0 Å². The van der Waals surface area contributed by atoms with Crippen LogP contribution in [-0.2, 0) is 40.1 Å². The summed E-state index contributed by atoms with van der Waals surface area (Å²) in [4.78, 5) is 36.5. The Bertz CT molecular complexity index is 1060. The first-order valence-electron chi connectivity index (χ1n) is 8.94. The Morgan fingerprint density at radius 2 is 1.97 bits per heavy atom. The topological polar surface area (TPSA) is 127 Å². The SMILES string of the molecule is CO[C@H]1C(=O)N2C(C(=O)O)=C(COC(C)=O)C(Cc3ccc(C)c(I)c3)S(=O)(=O)[C@H]12. The Balaban J connectivity index is 2.16. The van der Waals surface area contributed by atoms with Gasteiger partial charge in [-0.05, 0) is 53.1 Å². The molecule has 162 valence electrons. The number of ether oxygens (including phenoxy) is 2. The van der Waals surface area contributed by atoms with Crippen LogP contribution in [0.25, 0.3) is 0 Å². The highest BCUT2D eigenvalue weighted by molar-refractivity contribution is 14.1. The highest BCUT2D eigenvalue weighted by Gasteiger charge is 2.63. The van der Waals surface area contributed by atoms with Gasteiger partial charge in [0.25, 0.3) is 5.91 Å². The molecular weight excluding hydrogens is 529 g/mol. The number of esters is 1. The van der Waals surface area contributed by atoms with Crippen molar-refractivity contribution >= 4 is 50.3 Å². The average molecular weight is 549 g/mol. The van der Waals surface area contributed by atoms with Crippen molar-refractivity contribution in [1.82, 2.24) is 4.90 Å². The molecule has 1 aromatic carbocycles. The number of halogens is 1. The first-order valence-corrected chi connectivity index (χ1v) is 11.6. The van der Waals surface area contributed by atoms with Gasteiger partial charge in [-0.1, -0.05) is 12.1 Å². The molecule has 1 fully saturated rings. The van der Waals surface area contributed by atoms with E-state index in [0.717, 1.165) is 21.0 Å². The molecule has 1 unspecified atom stereocenters. The number of nitrogens with zero attached hydrogens (tertiary/aromatic N) is 1. The van der Waals surface area contributed by atoms with Crippen molar-refractivity contribution < 1.29 is 37.4 Å². The fraction of sp³-hybridized carbons (Fsp3) is 0.421. The number of carbonyl (C=O) groups is 3. The van der Waals surface area contributed by atoms with Gasteiger partial charge < -0.3 is 14.6 Å². The van der Waals surface area contributed by atoms with Gasteiger partial charge >= 0.3 is 11.9 Å². The lowest BCUT2D eigenvalue weighted by Crippen LogP contribution is -2.72. The number of benzene rings is 1. The summed E-state index contributed by atoms with van der Waals surface area (Å²) in [5.41, 5.74) is 1.09. The zero-order valence-electron chi connectivity index (χ0n) is 16.4. The Hall–Kier alpha value is -1.99. The van der Waals surface area contributed by atoms with Gasteiger partial charge in [-0.3, -0.25) is 14.5 Å². The van der Waals surface area contributed by atoms with Gasteiger partial charge in [0.2, 0.25) is 0 Å². The van der Waals surface area contributed by atoms with Gasteiger partial charge in [-0.2, -0.15) is 0 Å². The number of amides is 1. The fourth-order valence-corrected chi connectivity index (χ4v) is 6.68. The van der Waals surface area contributed by atoms with Crippen molar-refractivity contribution in [2.45, 2.75) is 37.0 Å². The number of β-lactam (4-membered cyclic amide) rings is 1. The zero-order valence-corrected chi connectivity index (χ0v) is 19.4. The van der Waals surface area contributed by atoms with Crippen LogP contribution in [0.4, 0.5) is 0 Å². The van der Waals surface area contributed by atoms with Gasteiger partial charge in [-0.25, -0.2) is 13.2 Å². The van der Waals surface area contributed by atoms with Crippen molar-refractivity contribution in [3.05, 3.63) is 44.2 Å². The molecule has 0 aromatic heterocycles. The van der Waals surface area contributed by atoms with Crippen LogP contribution in [0.5, 0.6) is 0 Å². The van der Waals surface area contributed by atoms with Crippen LogP contribution in [0, 0.1) is 10.5 Å². The van der Waals surface area contributed by atoms with E-state index in [4.69, 9.17) is 9.47 Å². The number of sulfone groups is 1. The number of aliphatic carboxylic acids is 1. The number of fused-ring (bicyclic) bond motifs is 1. The number of carboxylic acid groups (broad SMARTS) is 1. The molecule has 0 saturated carbocycles. The predicted octanol–water partition coefficient (Wildman–Crippen LogP) is 1.02. The van der Waals surface area contributed by atoms with Crippen LogP contribution in [0.1, 0.15) is 18.1 Å². The standard InChI is InChI=1S/C19H20INO8S/c1-9-4-5-11(6-13(9)20)7-14-12(8-29-10(2)22)15(19(24)25)21-17(23)16(28-3)18(21)30(14,26)27/h4-6,14,16,18H,7-8H2,1-3H3,(H,24,25)/t14?,16-,18+/m0/s1. The van der Waals surface area contributed by atoms with Crippen LogP contribution in [-0.4, -0.2) is 66.7 Å². The molecule has 0 bridgehead atoms. The molecule has 3 rings (SSSR count). The third kappa shape index (κ3) is 3.73. The maximum absolute atomic E-state index is 13.4. The zero-order chi connectivity index (χ0) is 22.4.